The van der Waals surface area contributed by atoms with E-state index in [2.05, 4.69) is 10.5 Å². The third kappa shape index (κ3) is 4.81. The predicted octanol–water partition coefficient (Wildman–Crippen LogP) is 2.65. The fraction of sp³-hybridized carbons (Fsp3) is 0.455. The van der Waals surface area contributed by atoms with E-state index in [4.69, 9.17) is 18.7 Å². The van der Waals surface area contributed by atoms with Crippen LogP contribution < -0.4 is 10.1 Å². The van der Waals surface area contributed by atoms with Gasteiger partial charge in [-0.15, -0.1) is 0 Å². The standard InChI is InChI=1S/C22H27N3O7S/c1-15-21(23-16(2)26)19(32-24-15)7-5-17-4-6-18(29-3)20(14-17)33(27,28)25-10-8-22(9-11-25)30-12-13-31-22/h4-7,14H,8-13H2,1-3H3,(H,23,26)/b7-5-. The largest absolute Gasteiger partial charge is 0.495 e. The molecule has 178 valence electrons. The van der Waals surface area contributed by atoms with Crippen LogP contribution in [0.15, 0.2) is 27.6 Å². The van der Waals surface area contributed by atoms with Crippen molar-refractivity contribution in [2.24, 2.45) is 0 Å². The van der Waals surface area contributed by atoms with Crippen LogP contribution in [0, 0.1) is 6.92 Å². The number of rotatable bonds is 6. The highest BCUT2D eigenvalue weighted by molar-refractivity contribution is 7.89. The van der Waals surface area contributed by atoms with E-state index in [0.29, 0.717) is 61.8 Å². The van der Waals surface area contributed by atoms with Crippen LogP contribution >= 0.6 is 0 Å². The minimum Gasteiger partial charge on any atom is -0.495 e. The summed E-state index contributed by atoms with van der Waals surface area (Å²) in [5.74, 6) is -0.289. The van der Waals surface area contributed by atoms with Crippen molar-refractivity contribution in [2.45, 2.75) is 37.4 Å². The molecule has 0 saturated carbocycles. The second kappa shape index (κ2) is 9.26. The zero-order valence-electron chi connectivity index (χ0n) is 18.8. The maximum absolute atomic E-state index is 13.4. The van der Waals surface area contributed by atoms with E-state index in [-0.39, 0.29) is 16.6 Å². The second-order valence-electron chi connectivity index (χ2n) is 7.94. The molecule has 0 radical (unpaired) electrons. The molecule has 1 N–H and O–H groups in total. The molecule has 11 heteroatoms. The van der Waals surface area contributed by atoms with Crippen LogP contribution in [-0.4, -0.2) is 63.0 Å². The smallest absolute Gasteiger partial charge is 0.246 e. The Kier molecular flexibility index (Phi) is 6.57. The summed E-state index contributed by atoms with van der Waals surface area (Å²) in [7, 11) is -2.37. The normalized spacial score (nSPS) is 18.8. The summed E-state index contributed by atoms with van der Waals surface area (Å²) >= 11 is 0. The highest BCUT2D eigenvalue weighted by Crippen LogP contribution is 2.35. The number of hydrogen-bond donors (Lipinski definition) is 1. The summed E-state index contributed by atoms with van der Waals surface area (Å²) < 4.78 is 50.3. The summed E-state index contributed by atoms with van der Waals surface area (Å²) in [6.45, 7) is 4.76. The lowest BCUT2D eigenvalue weighted by Gasteiger charge is -2.37. The van der Waals surface area contributed by atoms with E-state index in [1.54, 1.807) is 37.3 Å². The number of anilines is 1. The molecule has 10 nitrogen and oxygen atoms in total. The van der Waals surface area contributed by atoms with Gasteiger partial charge in [-0.3, -0.25) is 4.79 Å². The zero-order chi connectivity index (χ0) is 23.6. The average molecular weight is 478 g/mol. The average Bonchev–Trinajstić information content (AvgIpc) is 3.39. The fourth-order valence-electron chi connectivity index (χ4n) is 3.99. The van der Waals surface area contributed by atoms with Crippen LogP contribution in [-0.2, 0) is 24.3 Å². The van der Waals surface area contributed by atoms with Gasteiger partial charge in [0, 0.05) is 32.9 Å². The van der Waals surface area contributed by atoms with E-state index in [1.807, 2.05) is 0 Å². The van der Waals surface area contributed by atoms with Crippen molar-refractivity contribution in [1.29, 1.82) is 0 Å². The molecule has 1 spiro atoms. The van der Waals surface area contributed by atoms with Gasteiger partial charge in [-0.05, 0) is 30.7 Å². The topological polar surface area (TPSA) is 120 Å². The molecule has 1 amide bonds. The van der Waals surface area contributed by atoms with Crippen molar-refractivity contribution in [3.8, 4) is 5.75 Å². The van der Waals surface area contributed by atoms with Gasteiger partial charge in [-0.25, -0.2) is 8.42 Å². The number of carbonyl (C=O) groups excluding carboxylic acids is 1. The third-order valence-electron chi connectivity index (χ3n) is 5.72. The van der Waals surface area contributed by atoms with Gasteiger partial charge in [-0.1, -0.05) is 17.3 Å². The first-order chi connectivity index (χ1) is 15.7. The summed E-state index contributed by atoms with van der Waals surface area (Å²) in [5, 5.41) is 6.56. The summed E-state index contributed by atoms with van der Waals surface area (Å²) in [6, 6.07) is 4.90. The van der Waals surface area contributed by atoms with Crippen LogP contribution in [0.2, 0.25) is 0 Å². The highest BCUT2D eigenvalue weighted by atomic mass is 32.2. The molecule has 0 aliphatic carbocycles. The van der Waals surface area contributed by atoms with Crippen molar-refractivity contribution in [3.05, 3.63) is 35.2 Å². The molecule has 2 aliphatic rings. The number of sulfonamides is 1. The van der Waals surface area contributed by atoms with Crippen molar-refractivity contribution in [2.75, 3.05) is 38.7 Å². The summed E-state index contributed by atoms with van der Waals surface area (Å²) in [4.78, 5) is 11.5. The number of methoxy groups -OCH3 is 1. The Bertz CT molecular complexity index is 1160. The quantitative estimate of drug-likeness (QED) is 0.674. The Balaban J connectivity index is 1.58. The van der Waals surface area contributed by atoms with Crippen molar-refractivity contribution in [3.63, 3.8) is 0 Å². The van der Waals surface area contributed by atoms with Gasteiger partial charge in [0.25, 0.3) is 0 Å². The first-order valence-electron chi connectivity index (χ1n) is 10.6. The van der Waals surface area contributed by atoms with Gasteiger partial charge >= 0.3 is 0 Å². The van der Waals surface area contributed by atoms with Crippen molar-refractivity contribution < 1.29 is 31.9 Å². The van der Waals surface area contributed by atoms with E-state index >= 15 is 0 Å². The predicted molar refractivity (Wildman–Crippen MR) is 120 cm³/mol. The summed E-state index contributed by atoms with van der Waals surface area (Å²) in [5.41, 5.74) is 1.63. The fourth-order valence-corrected chi connectivity index (χ4v) is 5.62. The van der Waals surface area contributed by atoms with E-state index in [0.717, 1.165) is 0 Å². The number of aryl methyl sites for hydroxylation is 1. The third-order valence-corrected chi connectivity index (χ3v) is 7.64. The minimum atomic E-state index is -3.81. The summed E-state index contributed by atoms with van der Waals surface area (Å²) in [6.07, 6.45) is 4.27. The van der Waals surface area contributed by atoms with Crippen LogP contribution in [0.3, 0.4) is 0 Å². The SMILES string of the molecule is COc1ccc(/C=C\c2onc(C)c2NC(C)=O)cc1S(=O)(=O)N1CCC2(CC1)OCCO2. The van der Waals surface area contributed by atoms with Gasteiger partial charge in [0.15, 0.2) is 11.5 Å². The Labute approximate surface area is 192 Å². The lowest BCUT2D eigenvalue weighted by molar-refractivity contribution is -0.179. The molecule has 1 aromatic heterocycles. The molecule has 4 rings (SSSR count). The van der Waals surface area contributed by atoms with Crippen molar-refractivity contribution in [1.82, 2.24) is 9.46 Å². The first-order valence-corrected chi connectivity index (χ1v) is 12.1. The molecule has 3 heterocycles. The lowest BCUT2D eigenvalue weighted by atomic mass is 10.1. The molecule has 2 saturated heterocycles. The highest BCUT2D eigenvalue weighted by Gasteiger charge is 2.43. The molecule has 33 heavy (non-hydrogen) atoms. The molecule has 2 aliphatic heterocycles. The number of benzene rings is 1. The Hall–Kier alpha value is -2.73. The lowest BCUT2D eigenvalue weighted by Crippen LogP contribution is -2.47. The number of aromatic nitrogens is 1. The van der Waals surface area contributed by atoms with E-state index in [9.17, 15) is 13.2 Å². The monoisotopic (exact) mass is 477 g/mol. The Morgan fingerprint density at radius 1 is 1.21 bits per heavy atom. The molecule has 1 aromatic carbocycles. The number of nitrogens with zero attached hydrogens (tertiary/aromatic N) is 2. The number of ether oxygens (including phenoxy) is 3. The van der Waals surface area contributed by atoms with E-state index < -0.39 is 15.8 Å². The maximum atomic E-state index is 13.4. The van der Waals surface area contributed by atoms with Gasteiger partial charge in [0.2, 0.25) is 15.9 Å². The van der Waals surface area contributed by atoms with Crippen LogP contribution in [0.1, 0.15) is 36.8 Å². The molecule has 0 unspecified atom stereocenters. The number of amides is 1. The van der Waals surface area contributed by atoms with Crippen LogP contribution in [0.4, 0.5) is 5.69 Å². The van der Waals surface area contributed by atoms with Gasteiger partial charge in [0.05, 0.1) is 20.3 Å². The molecule has 2 aromatic rings. The van der Waals surface area contributed by atoms with E-state index in [1.165, 1.54) is 18.3 Å². The first kappa shape index (κ1) is 23.4. The molecule has 0 bridgehead atoms. The van der Waals surface area contributed by atoms with Gasteiger partial charge in [0.1, 0.15) is 22.0 Å². The van der Waals surface area contributed by atoms with Gasteiger partial charge in [-0.2, -0.15) is 4.31 Å². The minimum absolute atomic E-state index is 0.0761. The number of carbonyl (C=O) groups is 1. The number of nitrogens with one attached hydrogen (secondary N) is 1. The number of piperidine rings is 1. The maximum Gasteiger partial charge on any atom is 0.246 e. The van der Waals surface area contributed by atoms with Crippen molar-refractivity contribution >= 4 is 33.8 Å². The Morgan fingerprint density at radius 2 is 1.91 bits per heavy atom. The van der Waals surface area contributed by atoms with Gasteiger partial charge < -0.3 is 24.1 Å². The Morgan fingerprint density at radius 3 is 2.55 bits per heavy atom. The van der Waals surface area contributed by atoms with Crippen LogP contribution in [0.25, 0.3) is 12.2 Å². The molecular weight excluding hydrogens is 450 g/mol. The molecular formula is C22H27N3O7S. The van der Waals surface area contributed by atoms with Crippen LogP contribution in [0.5, 0.6) is 5.75 Å². The number of hydrogen-bond acceptors (Lipinski definition) is 8. The molecule has 0 atom stereocenters. The zero-order valence-corrected chi connectivity index (χ0v) is 19.6. The second-order valence-corrected chi connectivity index (χ2v) is 9.85. The molecule has 2 fully saturated rings.